The summed E-state index contributed by atoms with van der Waals surface area (Å²) in [6.07, 6.45) is 1.27. The molecule has 0 atom stereocenters. The smallest absolute Gasteiger partial charge is 0.335 e. The second-order valence-corrected chi connectivity index (χ2v) is 4.21. The van der Waals surface area contributed by atoms with Gasteiger partial charge in [0.25, 0.3) is 5.56 Å². The van der Waals surface area contributed by atoms with Crippen molar-refractivity contribution in [1.82, 2.24) is 9.55 Å². The van der Waals surface area contributed by atoms with E-state index in [2.05, 4.69) is 4.98 Å². The molecule has 2 aromatic heterocycles. The molecule has 0 aliphatic heterocycles. The zero-order chi connectivity index (χ0) is 14.2. The Morgan fingerprint density at radius 1 is 1.32 bits per heavy atom. The van der Waals surface area contributed by atoms with Crippen molar-refractivity contribution in [1.29, 1.82) is 0 Å². The highest BCUT2D eigenvalue weighted by atomic mass is 16.4. The van der Waals surface area contributed by atoms with E-state index >= 15 is 0 Å². The Balaban J connectivity index is 2.68. The minimum atomic E-state index is -1.09. The number of carboxylic acids is 1. The zero-order valence-corrected chi connectivity index (χ0v) is 10.4. The van der Waals surface area contributed by atoms with E-state index in [9.17, 15) is 14.7 Å². The number of aryl methyl sites for hydroxylation is 2. The number of aromatic carboxylic acids is 1. The van der Waals surface area contributed by atoms with Crippen LogP contribution in [0.25, 0.3) is 11.3 Å². The molecule has 0 aliphatic carbocycles. The summed E-state index contributed by atoms with van der Waals surface area (Å²) in [4.78, 5) is 26.7. The van der Waals surface area contributed by atoms with Gasteiger partial charge in [0, 0.05) is 30.6 Å². The van der Waals surface area contributed by atoms with Gasteiger partial charge in [0.1, 0.15) is 5.75 Å². The number of aromatic nitrogens is 2. The fourth-order valence-electron chi connectivity index (χ4n) is 1.75. The lowest BCUT2D eigenvalue weighted by Crippen LogP contribution is -2.14. The molecule has 98 valence electrons. The third kappa shape index (κ3) is 2.47. The van der Waals surface area contributed by atoms with Crippen LogP contribution >= 0.6 is 0 Å². The largest absolute Gasteiger partial charge is 0.506 e. The molecule has 0 radical (unpaired) electrons. The van der Waals surface area contributed by atoms with Crippen LogP contribution in [0.3, 0.4) is 0 Å². The van der Waals surface area contributed by atoms with Crippen molar-refractivity contribution in [3.63, 3.8) is 0 Å². The lowest BCUT2D eigenvalue weighted by Gasteiger charge is -2.07. The quantitative estimate of drug-likeness (QED) is 0.845. The Hall–Kier alpha value is -2.63. The fourth-order valence-corrected chi connectivity index (χ4v) is 1.75. The Bertz CT molecular complexity index is 719. The van der Waals surface area contributed by atoms with Gasteiger partial charge in [-0.25, -0.2) is 4.79 Å². The maximum absolute atomic E-state index is 11.6. The summed E-state index contributed by atoms with van der Waals surface area (Å²) in [5, 5.41) is 18.8. The first-order valence-corrected chi connectivity index (χ1v) is 5.50. The summed E-state index contributed by atoms with van der Waals surface area (Å²) in [7, 11) is 1.51. The first-order chi connectivity index (χ1) is 8.88. The van der Waals surface area contributed by atoms with Gasteiger partial charge in [0.15, 0.2) is 0 Å². The molecule has 2 aromatic rings. The molecule has 0 saturated carbocycles. The van der Waals surface area contributed by atoms with E-state index in [0.29, 0.717) is 5.69 Å². The van der Waals surface area contributed by atoms with Crippen molar-refractivity contribution >= 4 is 5.97 Å². The second-order valence-electron chi connectivity index (χ2n) is 4.21. The molecule has 6 nitrogen and oxygen atoms in total. The van der Waals surface area contributed by atoms with Crippen LogP contribution in [0.2, 0.25) is 0 Å². The topological polar surface area (TPSA) is 92.4 Å². The van der Waals surface area contributed by atoms with Crippen LogP contribution in [-0.2, 0) is 7.05 Å². The van der Waals surface area contributed by atoms with Gasteiger partial charge in [-0.3, -0.25) is 9.78 Å². The van der Waals surface area contributed by atoms with E-state index in [0.717, 1.165) is 0 Å². The monoisotopic (exact) mass is 260 g/mol. The molecule has 19 heavy (non-hydrogen) atoms. The van der Waals surface area contributed by atoms with Crippen LogP contribution in [0.4, 0.5) is 0 Å². The van der Waals surface area contributed by atoms with Crippen molar-refractivity contribution in [2.24, 2.45) is 7.05 Å². The van der Waals surface area contributed by atoms with E-state index < -0.39 is 5.97 Å². The van der Waals surface area contributed by atoms with Crippen molar-refractivity contribution in [2.45, 2.75) is 6.92 Å². The molecule has 0 bridgehead atoms. The number of hydrogen-bond donors (Lipinski definition) is 2. The van der Waals surface area contributed by atoms with Crippen molar-refractivity contribution < 1.29 is 15.0 Å². The number of carbonyl (C=O) groups is 1. The van der Waals surface area contributed by atoms with Crippen LogP contribution < -0.4 is 5.56 Å². The van der Waals surface area contributed by atoms with E-state index in [1.165, 1.54) is 36.0 Å². The molecular weight excluding hydrogens is 248 g/mol. The van der Waals surface area contributed by atoms with Gasteiger partial charge in [0.2, 0.25) is 0 Å². The normalized spacial score (nSPS) is 10.4. The van der Waals surface area contributed by atoms with E-state index in [1.807, 2.05) is 0 Å². The molecule has 0 unspecified atom stereocenters. The Labute approximate surface area is 108 Å². The first kappa shape index (κ1) is 12.8. The third-order valence-electron chi connectivity index (χ3n) is 2.68. The molecule has 6 heteroatoms. The van der Waals surface area contributed by atoms with Gasteiger partial charge in [-0.1, -0.05) is 0 Å². The minimum absolute atomic E-state index is 0.0579. The summed E-state index contributed by atoms with van der Waals surface area (Å²) < 4.78 is 1.23. The molecule has 0 aliphatic rings. The predicted molar refractivity (Wildman–Crippen MR) is 68.3 cm³/mol. The number of carboxylic acid groups (broad SMARTS) is 1. The van der Waals surface area contributed by atoms with Crippen LogP contribution in [0.1, 0.15) is 16.1 Å². The highest BCUT2D eigenvalue weighted by molar-refractivity contribution is 5.89. The van der Waals surface area contributed by atoms with Gasteiger partial charge in [-0.05, 0) is 19.1 Å². The van der Waals surface area contributed by atoms with E-state index in [1.54, 1.807) is 6.92 Å². The fraction of sp³-hybridized carbons (Fsp3) is 0.154. The molecule has 2 rings (SSSR count). The molecule has 0 saturated heterocycles. The van der Waals surface area contributed by atoms with Crippen molar-refractivity contribution in [3.05, 3.63) is 46.0 Å². The maximum atomic E-state index is 11.6. The molecular formula is C13H12N2O4. The van der Waals surface area contributed by atoms with Gasteiger partial charge in [-0.2, -0.15) is 0 Å². The summed E-state index contributed by atoms with van der Waals surface area (Å²) in [5.41, 5.74) is 0.715. The number of hydrogen-bond acceptors (Lipinski definition) is 4. The van der Waals surface area contributed by atoms with Crippen molar-refractivity contribution in [3.8, 4) is 17.0 Å². The summed E-state index contributed by atoms with van der Waals surface area (Å²) in [6.45, 7) is 1.65. The minimum Gasteiger partial charge on any atom is -0.506 e. The van der Waals surface area contributed by atoms with Crippen molar-refractivity contribution in [2.75, 3.05) is 0 Å². The predicted octanol–water partition coefficient (Wildman–Crippen LogP) is 1.16. The summed E-state index contributed by atoms with van der Waals surface area (Å²) in [5.74, 6) is -1.22. The number of pyridine rings is 2. The SMILES string of the molecule is Cc1cc(C(=O)O)cc(-c2cc(=O)n(C)cc2O)n1. The third-order valence-corrected chi connectivity index (χ3v) is 2.68. The zero-order valence-electron chi connectivity index (χ0n) is 10.4. The summed E-state index contributed by atoms with van der Waals surface area (Å²) in [6, 6.07) is 3.97. The highest BCUT2D eigenvalue weighted by Crippen LogP contribution is 2.26. The average molecular weight is 260 g/mol. The molecule has 2 heterocycles. The molecule has 0 fully saturated rings. The molecule has 2 N–H and O–H groups in total. The Morgan fingerprint density at radius 2 is 2.00 bits per heavy atom. The summed E-state index contributed by atoms with van der Waals surface area (Å²) >= 11 is 0. The van der Waals surface area contributed by atoms with Gasteiger partial charge in [0.05, 0.1) is 11.3 Å². The lowest BCUT2D eigenvalue weighted by atomic mass is 10.1. The van der Waals surface area contributed by atoms with Crippen LogP contribution in [-0.4, -0.2) is 25.7 Å². The molecule has 0 aromatic carbocycles. The van der Waals surface area contributed by atoms with Crippen LogP contribution in [0.15, 0.2) is 29.2 Å². The maximum Gasteiger partial charge on any atom is 0.335 e. The van der Waals surface area contributed by atoms with E-state index in [4.69, 9.17) is 5.11 Å². The Kier molecular flexibility index (Phi) is 3.08. The number of nitrogens with zero attached hydrogens (tertiary/aromatic N) is 2. The Morgan fingerprint density at radius 3 is 2.63 bits per heavy atom. The number of rotatable bonds is 2. The first-order valence-electron chi connectivity index (χ1n) is 5.50. The van der Waals surface area contributed by atoms with Gasteiger partial charge >= 0.3 is 5.97 Å². The average Bonchev–Trinajstić information content (AvgIpc) is 2.33. The van der Waals surface area contributed by atoms with Crippen LogP contribution in [0.5, 0.6) is 5.75 Å². The highest BCUT2D eigenvalue weighted by Gasteiger charge is 2.12. The lowest BCUT2D eigenvalue weighted by molar-refractivity contribution is 0.0696. The second kappa shape index (κ2) is 4.56. The van der Waals surface area contributed by atoms with Crippen LogP contribution in [0, 0.1) is 6.92 Å². The van der Waals surface area contributed by atoms with Gasteiger partial charge in [-0.15, -0.1) is 0 Å². The molecule has 0 spiro atoms. The standard InChI is InChI=1S/C13H12N2O4/c1-7-3-8(13(18)19)4-10(14-7)9-5-12(17)15(2)6-11(9)16/h3-6,16H,1-2H3,(H,18,19). The van der Waals surface area contributed by atoms with E-state index in [-0.39, 0.29) is 28.1 Å². The number of aromatic hydroxyl groups is 1. The molecule has 0 amide bonds. The van der Waals surface area contributed by atoms with Gasteiger partial charge < -0.3 is 14.8 Å².